The van der Waals surface area contributed by atoms with Crippen LogP contribution in [0.4, 0.5) is 5.69 Å². The van der Waals surface area contributed by atoms with Crippen molar-refractivity contribution in [2.45, 2.75) is 13.8 Å². The molecule has 0 atom stereocenters. The summed E-state index contributed by atoms with van der Waals surface area (Å²) in [4.78, 5) is 0. The van der Waals surface area contributed by atoms with Gasteiger partial charge in [-0.05, 0) is 61.4 Å². The van der Waals surface area contributed by atoms with Gasteiger partial charge in [0.1, 0.15) is 11.5 Å². The van der Waals surface area contributed by atoms with Crippen LogP contribution in [0.2, 0.25) is 5.02 Å². The van der Waals surface area contributed by atoms with Gasteiger partial charge in [-0.3, -0.25) is 4.72 Å². The Hall–Kier alpha value is -1.72. The first-order chi connectivity index (χ1) is 9.74. The standard InChI is InChI=1S/C15H16ClNO3S/c1-10-8-13(17-21(3,18)19)9-11(2)15(10)20-14-6-4-12(16)5-7-14/h4-9,17H,1-3H3. The van der Waals surface area contributed by atoms with Gasteiger partial charge in [-0.25, -0.2) is 8.42 Å². The zero-order chi connectivity index (χ0) is 15.6. The molecule has 21 heavy (non-hydrogen) atoms. The second-order valence-electron chi connectivity index (χ2n) is 4.87. The predicted octanol–water partition coefficient (Wildman–Crippen LogP) is 4.12. The Balaban J connectivity index is 2.31. The van der Waals surface area contributed by atoms with E-state index >= 15 is 0 Å². The molecule has 0 saturated heterocycles. The van der Waals surface area contributed by atoms with Crippen molar-refractivity contribution in [1.82, 2.24) is 0 Å². The molecule has 0 radical (unpaired) electrons. The molecule has 0 heterocycles. The summed E-state index contributed by atoms with van der Waals surface area (Å²) < 4.78 is 30.9. The number of hydrogen-bond acceptors (Lipinski definition) is 3. The van der Waals surface area contributed by atoms with Crippen LogP contribution in [0.15, 0.2) is 36.4 Å². The summed E-state index contributed by atoms with van der Waals surface area (Å²) in [7, 11) is -3.29. The second-order valence-corrected chi connectivity index (χ2v) is 7.05. The van der Waals surface area contributed by atoms with E-state index in [0.717, 1.165) is 17.4 Å². The van der Waals surface area contributed by atoms with Gasteiger partial charge in [0.2, 0.25) is 10.0 Å². The van der Waals surface area contributed by atoms with E-state index in [9.17, 15) is 8.42 Å². The smallest absolute Gasteiger partial charge is 0.229 e. The van der Waals surface area contributed by atoms with E-state index < -0.39 is 10.0 Å². The van der Waals surface area contributed by atoms with Crippen LogP contribution >= 0.6 is 11.6 Å². The molecule has 0 aromatic heterocycles. The fraction of sp³-hybridized carbons (Fsp3) is 0.200. The van der Waals surface area contributed by atoms with Gasteiger partial charge in [0.15, 0.2) is 0 Å². The lowest BCUT2D eigenvalue weighted by molar-refractivity contribution is 0.475. The number of benzene rings is 2. The molecule has 0 fully saturated rings. The molecule has 1 N–H and O–H groups in total. The highest BCUT2D eigenvalue weighted by molar-refractivity contribution is 7.92. The Morgan fingerprint density at radius 3 is 2.05 bits per heavy atom. The lowest BCUT2D eigenvalue weighted by Gasteiger charge is -2.14. The predicted molar refractivity (Wildman–Crippen MR) is 85.9 cm³/mol. The molecular formula is C15H16ClNO3S. The summed E-state index contributed by atoms with van der Waals surface area (Å²) in [5, 5.41) is 0.642. The topological polar surface area (TPSA) is 55.4 Å². The summed E-state index contributed by atoms with van der Waals surface area (Å²) >= 11 is 5.84. The van der Waals surface area contributed by atoms with Crippen molar-refractivity contribution in [2.75, 3.05) is 11.0 Å². The molecular weight excluding hydrogens is 310 g/mol. The van der Waals surface area contributed by atoms with Gasteiger partial charge < -0.3 is 4.74 Å². The molecule has 2 aromatic rings. The van der Waals surface area contributed by atoms with Crippen LogP contribution in [-0.2, 0) is 10.0 Å². The van der Waals surface area contributed by atoms with Crippen molar-refractivity contribution in [3.8, 4) is 11.5 Å². The number of anilines is 1. The largest absolute Gasteiger partial charge is 0.457 e. The van der Waals surface area contributed by atoms with Crippen molar-refractivity contribution in [1.29, 1.82) is 0 Å². The molecule has 0 aliphatic heterocycles. The van der Waals surface area contributed by atoms with Gasteiger partial charge >= 0.3 is 0 Å². The minimum absolute atomic E-state index is 0.524. The highest BCUT2D eigenvalue weighted by Gasteiger charge is 2.10. The zero-order valence-corrected chi connectivity index (χ0v) is 13.5. The minimum atomic E-state index is -3.29. The summed E-state index contributed by atoms with van der Waals surface area (Å²) in [6, 6.07) is 10.5. The molecule has 0 saturated carbocycles. The average Bonchev–Trinajstić information content (AvgIpc) is 2.34. The molecule has 2 aromatic carbocycles. The van der Waals surface area contributed by atoms with Crippen LogP contribution in [0.1, 0.15) is 11.1 Å². The minimum Gasteiger partial charge on any atom is -0.457 e. The van der Waals surface area contributed by atoms with Gasteiger partial charge in [0, 0.05) is 10.7 Å². The number of aryl methyl sites for hydroxylation is 2. The Kier molecular flexibility index (Phi) is 4.44. The van der Waals surface area contributed by atoms with Crippen LogP contribution in [0.3, 0.4) is 0 Å². The van der Waals surface area contributed by atoms with E-state index in [0.29, 0.717) is 22.2 Å². The number of halogens is 1. The maximum atomic E-state index is 11.3. The fourth-order valence-corrected chi connectivity index (χ4v) is 2.68. The summed E-state index contributed by atoms with van der Waals surface area (Å²) in [5.41, 5.74) is 2.21. The summed E-state index contributed by atoms with van der Waals surface area (Å²) in [6.07, 6.45) is 1.12. The number of hydrogen-bond donors (Lipinski definition) is 1. The first kappa shape index (κ1) is 15.7. The molecule has 0 spiro atoms. The van der Waals surface area contributed by atoms with Crippen LogP contribution in [0.5, 0.6) is 11.5 Å². The lowest BCUT2D eigenvalue weighted by atomic mass is 10.1. The SMILES string of the molecule is Cc1cc(NS(C)(=O)=O)cc(C)c1Oc1ccc(Cl)cc1. The van der Waals surface area contributed by atoms with Crippen molar-refractivity contribution >= 4 is 27.3 Å². The molecule has 0 unspecified atom stereocenters. The quantitative estimate of drug-likeness (QED) is 0.920. The van der Waals surface area contributed by atoms with Crippen molar-refractivity contribution < 1.29 is 13.2 Å². The Labute approximate surface area is 129 Å². The van der Waals surface area contributed by atoms with Gasteiger partial charge in [0.05, 0.1) is 6.26 Å². The third-order valence-electron chi connectivity index (χ3n) is 2.80. The molecule has 0 aliphatic carbocycles. The molecule has 0 amide bonds. The zero-order valence-electron chi connectivity index (χ0n) is 12.0. The van der Waals surface area contributed by atoms with Crippen LogP contribution in [0.25, 0.3) is 0 Å². The monoisotopic (exact) mass is 325 g/mol. The fourth-order valence-electron chi connectivity index (χ4n) is 2.00. The third kappa shape index (κ3) is 4.37. The van der Waals surface area contributed by atoms with Crippen molar-refractivity contribution in [3.05, 3.63) is 52.5 Å². The highest BCUT2D eigenvalue weighted by Crippen LogP contribution is 2.32. The van der Waals surface area contributed by atoms with Gasteiger partial charge in [0.25, 0.3) is 0 Å². The first-order valence-corrected chi connectivity index (χ1v) is 8.54. The van der Waals surface area contributed by atoms with Crippen LogP contribution < -0.4 is 9.46 Å². The molecule has 4 nitrogen and oxygen atoms in total. The van der Waals surface area contributed by atoms with Crippen LogP contribution in [-0.4, -0.2) is 14.7 Å². The first-order valence-electron chi connectivity index (χ1n) is 6.27. The third-order valence-corrected chi connectivity index (χ3v) is 3.66. The van der Waals surface area contributed by atoms with E-state index in [1.54, 1.807) is 36.4 Å². The Morgan fingerprint density at radius 1 is 1.05 bits per heavy atom. The van der Waals surface area contributed by atoms with Crippen molar-refractivity contribution in [2.24, 2.45) is 0 Å². The second kappa shape index (κ2) is 5.95. The molecule has 6 heteroatoms. The van der Waals surface area contributed by atoms with E-state index in [1.807, 2.05) is 13.8 Å². The van der Waals surface area contributed by atoms with Gasteiger partial charge in [-0.1, -0.05) is 11.6 Å². The Bertz CT molecular complexity index is 732. The molecule has 112 valence electrons. The lowest BCUT2D eigenvalue weighted by Crippen LogP contribution is -2.10. The van der Waals surface area contributed by atoms with E-state index in [1.165, 1.54) is 0 Å². The maximum absolute atomic E-state index is 11.3. The summed E-state index contributed by atoms with van der Waals surface area (Å²) in [5.74, 6) is 1.38. The molecule has 0 aliphatic rings. The summed E-state index contributed by atoms with van der Waals surface area (Å²) in [6.45, 7) is 3.73. The van der Waals surface area contributed by atoms with E-state index in [-0.39, 0.29) is 0 Å². The number of rotatable bonds is 4. The molecule has 0 bridgehead atoms. The maximum Gasteiger partial charge on any atom is 0.229 e. The van der Waals surface area contributed by atoms with Crippen LogP contribution in [0, 0.1) is 13.8 Å². The number of ether oxygens (including phenoxy) is 1. The van der Waals surface area contributed by atoms with E-state index in [4.69, 9.17) is 16.3 Å². The Morgan fingerprint density at radius 2 is 1.57 bits per heavy atom. The van der Waals surface area contributed by atoms with Gasteiger partial charge in [-0.15, -0.1) is 0 Å². The highest BCUT2D eigenvalue weighted by atomic mass is 35.5. The average molecular weight is 326 g/mol. The van der Waals surface area contributed by atoms with E-state index in [2.05, 4.69) is 4.72 Å². The number of sulfonamides is 1. The molecule has 2 rings (SSSR count). The number of nitrogens with one attached hydrogen (secondary N) is 1. The van der Waals surface area contributed by atoms with Gasteiger partial charge in [-0.2, -0.15) is 0 Å². The normalized spacial score (nSPS) is 11.2. The van der Waals surface area contributed by atoms with Crippen molar-refractivity contribution in [3.63, 3.8) is 0 Å².